The van der Waals surface area contributed by atoms with Gasteiger partial charge in [0.25, 0.3) is 0 Å². The maximum Gasteiger partial charge on any atom is 0.237 e. The molecule has 2 fully saturated rings. The first-order chi connectivity index (χ1) is 8.49. The number of hydrogen-bond donors (Lipinski definition) is 2. The molecule has 0 bridgehead atoms. The van der Waals surface area contributed by atoms with Gasteiger partial charge < -0.3 is 15.4 Å². The Morgan fingerprint density at radius 3 is 2.89 bits per heavy atom. The summed E-state index contributed by atoms with van der Waals surface area (Å²) in [4.78, 5) is 12.4. The van der Waals surface area contributed by atoms with Crippen LogP contribution in [0.15, 0.2) is 0 Å². The highest BCUT2D eigenvalue weighted by Gasteiger charge is 2.37. The van der Waals surface area contributed by atoms with Crippen molar-refractivity contribution < 1.29 is 9.53 Å². The summed E-state index contributed by atoms with van der Waals surface area (Å²) in [5.74, 6) is 0.166. The first kappa shape index (κ1) is 13.8. The summed E-state index contributed by atoms with van der Waals surface area (Å²) in [5, 5.41) is 6.56. The average Bonchev–Trinajstić information content (AvgIpc) is 2.28. The van der Waals surface area contributed by atoms with Crippen LogP contribution in [0.25, 0.3) is 0 Å². The fourth-order valence-corrected chi connectivity index (χ4v) is 3.07. The Kier molecular flexibility index (Phi) is 4.28. The fourth-order valence-electron chi connectivity index (χ4n) is 3.07. The maximum atomic E-state index is 12.4. The minimum atomic E-state index is -0.0515. The molecule has 3 unspecified atom stereocenters. The van der Waals surface area contributed by atoms with Gasteiger partial charge in [0.2, 0.25) is 5.91 Å². The first-order valence-electron chi connectivity index (χ1n) is 7.14. The second-order valence-corrected chi connectivity index (χ2v) is 6.39. The zero-order chi connectivity index (χ0) is 13.2. The molecule has 0 aliphatic carbocycles. The molecule has 2 aliphatic heterocycles. The van der Waals surface area contributed by atoms with E-state index in [-0.39, 0.29) is 29.5 Å². The number of carbonyl (C=O) groups is 1. The first-order valence-corrected chi connectivity index (χ1v) is 7.14. The predicted molar refractivity (Wildman–Crippen MR) is 71.4 cm³/mol. The van der Waals surface area contributed by atoms with E-state index in [1.165, 1.54) is 0 Å². The zero-order valence-electron chi connectivity index (χ0n) is 11.8. The monoisotopic (exact) mass is 254 g/mol. The lowest BCUT2D eigenvalue weighted by Crippen LogP contribution is -2.57. The van der Waals surface area contributed by atoms with Crippen LogP contribution in [0, 0.1) is 5.41 Å². The Balaban J connectivity index is 1.90. The molecule has 0 aromatic heterocycles. The third kappa shape index (κ3) is 3.23. The molecular formula is C14H26N2O2. The predicted octanol–water partition coefficient (Wildman–Crippen LogP) is 1.45. The topological polar surface area (TPSA) is 50.4 Å². The van der Waals surface area contributed by atoms with Crippen LogP contribution in [0.3, 0.4) is 0 Å². The highest BCUT2D eigenvalue weighted by Crippen LogP contribution is 2.30. The molecule has 4 nitrogen and oxygen atoms in total. The van der Waals surface area contributed by atoms with Crippen molar-refractivity contribution in [3.05, 3.63) is 0 Å². The number of nitrogens with one attached hydrogen (secondary N) is 2. The molecule has 0 aromatic carbocycles. The fraction of sp³-hybridized carbons (Fsp3) is 0.929. The van der Waals surface area contributed by atoms with Crippen LogP contribution in [0.5, 0.6) is 0 Å². The molecule has 0 aromatic rings. The number of rotatable bonds is 2. The SMILES string of the molecule is CC1CC(NC(=O)C2NCCCC2(C)C)CCO1. The quantitative estimate of drug-likeness (QED) is 0.784. The Hall–Kier alpha value is -0.610. The van der Waals surface area contributed by atoms with E-state index in [4.69, 9.17) is 4.74 Å². The summed E-state index contributed by atoms with van der Waals surface area (Å²) in [6.07, 6.45) is 4.39. The van der Waals surface area contributed by atoms with Gasteiger partial charge in [0.05, 0.1) is 12.1 Å². The standard InChI is InChI=1S/C14H26N2O2/c1-10-9-11(5-8-18-10)16-13(17)12-14(2,3)6-4-7-15-12/h10-12,15H,4-9H2,1-3H3,(H,16,17). The second kappa shape index (κ2) is 5.57. The molecule has 3 atom stereocenters. The molecule has 2 saturated heterocycles. The molecular weight excluding hydrogens is 228 g/mol. The van der Waals surface area contributed by atoms with E-state index in [9.17, 15) is 4.79 Å². The van der Waals surface area contributed by atoms with E-state index in [2.05, 4.69) is 31.4 Å². The Morgan fingerprint density at radius 2 is 2.22 bits per heavy atom. The highest BCUT2D eigenvalue weighted by atomic mass is 16.5. The molecule has 4 heteroatoms. The number of hydrogen-bond acceptors (Lipinski definition) is 3. The lowest BCUT2D eigenvalue weighted by molar-refractivity contribution is -0.128. The Labute approximate surface area is 110 Å². The van der Waals surface area contributed by atoms with E-state index in [1.807, 2.05) is 0 Å². The van der Waals surface area contributed by atoms with Crippen molar-refractivity contribution in [3.8, 4) is 0 Å². The molecule has 2 aliphatic rings. The van der Waals surface area contributed by atoms with Crippen LogP contribution in [-0.2, 0) is 9.53 Å². The summed E-state index contributed by atoms with van der Waals surface area (Å²) in [5.41, 5.74) is 0.0547. The van der Waals surface area contributed by atoms with Gasteiger partial charge in [-0.2, -0.15) is 0 Å². The van der Waals surface area contributed by atoms with Gasteiger partial charge in [-0.1, -0.05) is 13.8 Å². The molecule has 2 heterocycles. The van der Waals surface area contributed by atoms with Gasteiger partial charge in [0.1, 0.15) is 0 Å². The van der Waals surface area contributed by atoms with Crippen LogP contribution in [-0.4, -0.2) is 37.2 Å². The Bertz CT molecular complexity index is 304. The number of ether oxygens (including phenoxy) is 1. The van der Waals surface area contributed by atoms with Crippen molar-refractivity contribution in [2.75, 3.05) is 13.2 Å². The summed E-state index contributed by atoms with van der Waals surface area (Å²) in [6, 6.07) is 0.227. The van der Waals surface area contributed by atoms with Gasteiger partial charge in [-0.3, -0.25) is 4.79 Å². The van der Waals surface area contributed by atoms with Crippen LogP contribution >= 0.6 is 0 Å². The van der Waals surface area contributed by atoms with Crippen LogP contribution in [0.1, 0.15) is 46.5 Å². The van der Waals surface area contributed by atoms with Crippen molar-refractivity contribution in [3.63, 3.8) is 0 Å². The van der Waals surface area contributed by atoms with E-state index >= 15 is 0 Å². The van der Waals surface area contributed by atoms with E-state index < -0.39 is 0 Å². The van der Waals surface area contributed by atoms with Gasteiger partial charge in [0, 0.05) is 12.6 Å². The highest BCUT2D eigenvalue weighted by molar-refractivity contribution is 5.83. The summed E-state index contributed by atoms with van der Waals surface area (Å²) in [6.45, 7) is 8.13. The molecule has 104 valence electrons. The third-order valence-electron chi connectivity index (χ3n) is 4.22. The number of carbonyl (C=O) groups excluding carboxylic acids is 1. The normalized spacial score (nSPS) is 36.1. The zero-order valence-corrected chi connectivity index (χ0v) is 11.8. The van der Waals surface area contributed by atoms with Crippen LogP contribution in [0.4, 0.5) is 0 Å². The minimum Gasteiger partial charge on any atom is -0.378 e. The van der Waals surface area contributed by atoms with E-state index in [0.29, 0.717) is 0 Å². The minimum absolute atomic E-state index is 0.0515. The number of amides is 1. The lowest BCUT2D eigenvalue weighted by Gasteiger charge is -2.39. The number of piperidine rings is 1. The van der Waals surface area contributed by atoms with Crippen molar-refractivity contribution in [2.45, 2.75) is 64.6 Å². The lowest BCUT2D eigenvalue weighted by atomic mass is 9.77. The maximum absolute atomic E-state index is 12.4. The molecule has 18 heavy (non-hydrogen) atoms. The summed E-state index contributed by atoms with van der Waals surface area (Å²) >= 11 is 0. The largest absolute Gasteiger partial charge is 0.378 e. The average molecular weight is 254 g/mol. The van der Waals surface area contributed by atoms with Crippen LogP contribution in [0.2, 0.25) is 0 Å². The molecule has 0 saturated carbocycles. The summed E-state index contributed by atoms with van der Waals surface area (Å²) < 4.78 is 5.51. The molecule has 0 spiro atoms. The van der Waals surface area contributed by atoms with Gasteiger partial charge in [-0.15, -0.1) is 0 Å². The van der Waals surface area contributed by atoms with Crippen molar-refractivity contribution in [1.29, 1.82) is 0 Å². The van der Waals surface area contributed by atoms with Crippen LogP contribution < -0.4 is 10.6 Å². The van der Waals surface area contributed by atoms with Crippen molar-refractivity contribution in [2.24, 2.45) is 5.41 Å². The third-order valence-corrected chi connectivity index (χ3v) is 4.22. The van der Waals surface area contributed by atoms with Gasteiger partial charge in [0.15, 0.2) is 0 Å². The van der Waals surface area contributed by atoms with Crippen molar-refractivity contribution in [1.82, 2.24) is 10.6 Å². The second-order valence-electron chi connectivity index (χ2n) is 6.39. The molecule has 1 amide bonds. The summed E-state index contributed by atoms with van der Waals surface area (Å²) in [7, 11) is 0. The molecule has 0 radical (unpaired) electrons. The molecule has 2 rings (SSSR count). The van der Waals surface area contributed by atoms with Gasteiger partial charge in [-0.05, 0) is 44.6 Å². The van der Waals surface area contributed by atoms with E-state index in [1.54, 1.807) is 0 Å². The smallest absolute Gasteiger partial charge is 0.237 e. The van der Waals surface area contributed by atoms with E-state index in [0.717, 1.165) is 38.8 Å². The van der Waals surface area contributed by atoms with Crippen molar-refractivity contribution >= 4 is 5.91 Å². The van der Waals surface area contributed by atoms with Gasteiger partial charge in [-0.25, -0.2) is 0 Å². The van der Waals surface area contributed by atoms with Gasteiger partial charge >= 0.3 is 0 Å². The molecule has 2 N–H and O–H groups in total. The Morgan fingerprint density at radius 1 is 1.44 bits per heavy atom.